The quantitative estimate of drug-likeness (QED) is 0.580. The van der Waals surface area contributed by atoms with E-state index in [-0.39, 0.29) is 18.3 Å². The van der Waals surface area contributed by atoms with Crippen LogP contribution in [0, 0.1) is 6.92 Å². The molecule has 6 nitrogen and oxygen atoms in total. The van der Waals surface area contributed by atoms with E-state index in [2.05, 4.69) is 35.1 Å². The lowest BCUT2D eigenvalue weighted by Gasteiger charge is -2.20. The summed E-state index contributed by atoms with van der Waals surface area (Å²) in [5.41, 5.74) is 3.60. The molecular formula is C20H28ClN5OS. The Balaban J connectivity index is 0.00000280. The Labute approximate surface area is 176 Å². The molecule has 0 N–H and O–H groups in total. The van der Waals surface area contributed by atoms with E-state index in [9.17, 15) is 4.79 Å². The van der Waals surface area contributed by atoms with Crippen LogP contribution in [0.5, 0.6) is 0 Å². The van der Waals surface area contributed by atoms with Gasteiger partial charge in [0.2, 0.25) is 0 Å². The maximum absolute atomic E-state index is 13.3. The van der Waals surface area contributed by atoms with E-state index in [1.807, 2.05) is 34.3 Å². The lowest BCUT2D eigenvalue weighted by atomic mass is 10.1. The predicted octanol–water partition coefficient (Wildman–Crippen LogP) is 3.92. The van der Waals surface area contributed by atoms with Crippen molar-refractivity contribution < 1.29 is 4.79 Å². The molecule has 2 heterocycles. The number of fused-ring (bicyclic) bond motifs is 1. The molecule has 1 aromatic carbocycles. The van der Waals surface area contributed by atoms with E-state index in [4.69, 9.17) is 4.98 Å². The van der Waals surface area contributed by atoms with Gasteiger partial charge in [-0.25, -0.2) is 4.98 Å². The minimum Gasteiger partial charge on any atom is -0.309 e. The van der Waals surface area contributed by atoms with Crippen molar-refractivity contribution in [1.82, 2.24) is 19.7 Å². The van der Waals surface area contributed by atoms with Crippen LogP contribution in [0.3, 0.4) is 0 Å². The second-order valence-corrected chi connectivity index (χ2v) is 8.07. The van der Waals surface area contributed by atoms with Crippen molar-refractivity contribution in [3.05, 3.63) is 41.2 Å². The number of aromatic nitrogens is 3. The highest BCUT2D eigenvalue weighted by molar-refractivity contribution is 7.22. The normalized spacial score (nSPS) is 11.1. The summed E-state index contributed by atoms with van der Waals surface area (Å²) in [7, 11) is 5.92. The molecule has 3 aromatic rings. The number of thiazole rings is 1. The number of benzene rings is 1. The minimum atomic E-state index is -0.0797. The van der Waals surface area contributed by atoms with Crippen molar-refractivity contribution in [2.75, 3.05) is 32.1 Å². The number of aryl methyl sites for hydroxylation is 3. The van der Waals surface area contributed by atoms with Gasteiger partial charge in [-0.1, -0.05) is 30.4 Å². The van der Waals surface area contributed by atoms with Gasteiger partial charge >= 0.3 is 0 Å². The molecule has 0 aliphatic carbocycles. The monoisotopic (exact) mass is 421 g/mol. The van der Waals surface area contributed by atoms with Gasteiger partial charge in [0, 0.05) is 25.4 Å². The zero-order valence-corrected chi connectivity index (χ0v) is 18.7. The molecular weight excluding hydrogens is 394 g/mol. The number of amides is 1. The van der Waals surface area contributed by atoms with E-state index in [0.717, 1.165) is 40.3 Å². The zero-order valence-electron chi connectivity index (χ0n) is 17.1. The average molecular weight is 422 g/mol. The number of carbonyl (C=O) groups is 1. The van der Waals surface area contributed by atoms with Crippen molar-refractivity contribution in [2.45, 2.75) is 26.7 Å². The standard InChI is InChI=1S/C20H27N5OS.ClH/c1-6-15-9-7-10-16-18(15)21-20(27-16)25(12-8-11-23(3)4)19(26)17-14(2)13-24(5)22-17;/h7,9-10,13H,6,8,11-12H2,1-5H3;1H. The number of hydrogen-bond acceptors (Lipinski definition) is 5. The largest absolute Gasteiger partial charge is 0.309 e. The Morgan fingerprint density at radius 1 is 1.25 bits per heavy atom. The summed E-state index contributed by atoms with van der Waals surface area (Å²) < 4.78 is 2.81. The number of carbonyl (C=O) groups excluding carboxylic acids is 1. The van der Waals surface area contributed by atoms with Crippen LogP contribution < -0.4 is 4.90 Å². The number of halogens is 1. The van der Waals surface area contributed by atoms with E-state index in [0.29, 0.717) is 12.2 Å². The molecule has 3 rings (SSSR count). The van der Waals surface area contributed by atoms with Crippen LogP contribution in [-0.4, -0.2) is 52.8 Å². The first-order chi connectivity index (χ1) is 12.9. The summed E-state index contributed by atoms with van der Waals surface area (Å²) in [5, 5.41) is 5.13. The van der Waals surface area contributed by atoms with Crippen molar-refractivity contribution in [1.29, 1.82) is 0 Å². The second-order valence-electron chi connectivity index (χ2n) is 7.06. The highest BCUT2D eigenvalue weighted by atomic mass is 35.5. The molecule has 0 unspecified atom stereocenters. The Morgan fingerprint density at radius 3 is 2.61 bits per heavy atom. The molecule has 0 atom stereocenters. The Bertz CT molecular complexity index is 949. The smallest absolute Gasteiger partial charge is 0.280 e. The maximum atomic E-state index is 13.3. The molecule has 0 aliphatic rings. The lowest BCUT2D eigenvalue weighted by molar-refractivity contribution is 0.0980. The average Bonchev–Trinajstić information content (AvgIpc) is 3.20. The van der Waals surface area contributed by atoms with E-state index in [1.165, 1.54) is 5.56 Å². The molecule has 0 bridgehead atoms. The van der Waals surface area contributed by atoms with Gasteiger partial charge in [0.15, 0.2) is 10.8 Å². The zero-order chi connectivity index (χ0) is 19.6. The topological polar surface area (TPSA) is 54.3 Å². The first-order valence-corrected chi connectivity index (χ1v) is 10.1. The fraction of sp³-hybridized carbons (Fsp3) is 0.450. The summed E-state index contributed by atoms with van der Waals surface area (Å²) >= 11 is 1.58. The molecule has 28 heavy (non-hydrogen) atoms. The Morgan fingerprint density at radius 2 is 2.00 bits per heavy atom. The summed E-state index contributed by atoms with van der Waals surface area (Å²) in [6.07, 6.45) is 3.67. The van der Waals surface area contributed by atoms with E-state index in [1.54, 1.807) is 20.9 Å². The van der Waals surface area contributed by atoms with Crippen molar-refractivity contribution in [3.63, 3.8) is 0 Å². The highest BCUT2D eigenvalue weighted by Crippen LogP contribution is 2.32. The summed E-state index contributed by atoms with van der Waals surface area (Å²) in [6.45, 7) is 5.58. The third kappa shape index (κ3) is 4.71. The van der Waals surface area contributed by atoms with Gasteiger partial charge in [-0.2, -0.15) is 5.10 Å². The number of para-hydroxylation sites is 1. The minimum absolute atomic E-state index is 0. The molecule has 0 saturated heterocycles. The molecule has 0 fully saturated rings. The second kappa shape index (κ2) is 9.49. The van der Waals surface area contributed by atoms with Crippen LogP contribution >= 0.6 is 23.7 Å². The first kappa shape index (κ1) is 22.3. The van der Waals surface area contributed by atoms with E-state index >= 15 is 0 Å². The van der Waals surface area contributed by atoms with Crippen LogP contribution in [0.1, 0.15) is 35.0 Å². The number of anilines is 1. The molecule has 2 aromatic heterocycles. The number of rotatable bonds is 7. The van der Waals surface area contributed by atoms with Gasteiger partial charge in [-0.3, -0.25) is 14.4 Å². The highest BCUT2D eigenvalue weighted by Gasteiger charge is 2.25. The van der Waals surface area contributed by atoms with Gasteiger partial charge in [0.25, 0.3) is 5.91 Å². The van der Waals surface area contributed by atoms with Gasteiger partial charge in [-0.05, 0) is 52.0 Å². The first-order valence-electron chi connectivity index (χ1n) is 9.26. The number of nitrogens with zero attached hydrogens (tertiary/aromatic N) is 5. The van der Waals surface area contributed by atoms with Crippen LogP contribution in [0.25, 0.3) is 10.2 Å². The molecule has 1 amide bonds. The van der Waals surface area contributed by atoms with Crippen LogP contribution in [0.15, 0.2) is 24.4 Å². The van der Waals surface area contributed by atoms with Crippen LogP contribution in [0.4, 0.5) is 5.13 Å². The van der Waals surface area contributed by atoms with Crippen LogP contribution in [-0.2, 0) is 13.5 Å². The van der Waals surface area contributed by atoms with Crippen molar-refractivity contribution >= 4 is 45.0 Å². The van der Waals surface area contributed by atoms with Gasteiger partial charge in [0.1, 0.15) is 0 Å². The predicted molar refractivity (Wildman–Crippen MR) is 119 cm³/mol. The number of hydrogen-bond donors (Lipinski definition) is 0. The molecule has 0 spiro atoms. The molecule has 8 heteroatoms. The fourth-order valence-corrected chi connectivity index (χ4v) is 4.21. The third-order valence-corrected chi connectivity index (χ3v) is 5.59. The lowest BCUT2D eigenvalue weighted by Crippen LogP contribution is -2.34. The van der Waals surface area contributed by atoms with Crippen molar-refractivity contribution in [2.24, 2.45) is 7.05 Å². The SMILES string of the molecule is CCc1cccc2sc(N(CCCN(C)C)C(=O)c3nn(C)cc3C)nc12.Cl. The van der Waals surface area contributed by atoms with E-state index < -0.39 is 0 Å². The third-order valence-electron chi connectivity index (χ3n) is 4.55. The van der Waals surface area contributed by atoms with Crippen LogP contribution in [0.2, 0.25) is 0 Å². The summed E-state index contributed by atoms with van der Waals surface area (Å²) in [5.74, 6) is -0.0797. The summed E-state index contributed by atoms with van der Waals surface area (Å²) in [4.78, 5) is 22.1. The van der Waals surface area contributed by atoms with Gasteiger partial charge in [-0.15, -0.1) is 12.4 Å². The molecule has 0 aliphatic heterocycles. The van der Waals surface area contributed by atoms with Gasteiger partial charge in [0.05, 0.1) is 10.2 Å². The molecule has 0 saturated carbocycles. The van der Waals surface area contributed by atoms with Crippen molar-refractivity contribution in [3.8, 4) is 0 Å². The molecule has 152 valence electrons. The fourth-order valence-electron chi connectivity index (χ4n) is 3.17. The molecule has 0 radical (unpaired) electrons. The maximum Gasteiger partial charge on any atom is 0.280 e. The Kier molecular flexibility index (Phi) is 7.57. The Hall–Kier alpha value is -1.96. The summed E-state index contributed by atoms with van der Waals surface area (Å²) in [6, 6.07) is 6.24. The van der Waals surface area contributed by atoms with Gasteiger partial charge < -0.3 is 4.90 Å².